The van der Waals surface area contributed by atoms with E-state index in [9.17, 15) is 9.59 Å². The first-order chi connectivity index (χ1) is 14.6. The van der Waals surface area contributed by atoms with Gasteiger partial charge in [-0.15, -0.1) is 6.58 Å². The first kappa shape index (κ1) is 20.4. The van der Waals surface area contributed by atoms with Gasteiger partial charge in [-0.2, -0.15) is 0 Å². The first-order valence-corrected chi connectivity index (χ1v) is 10.4. The highest BCUT2D eigenvalue weighted by molar-refractivity contribution is 5.89. The normalized spacial score (nSPS) is 21.2. The number of rotatable bonds is 6. The average Bonchev–Trinajstić information content (AvgIpc) is 3.39. The number of methoxy groups -OCH3 is 1. The Bertz CT molecular complexity index is 896. The summed E-state index contributed by atoms with van der Waals surface area (Å²) in [5.41, 5.74) is 1.83. The summed E-state index contributed by atoms with van der Waals surface area (Å²) < 4.78 is 10.5. The fourth-order valence-corrected chi connectivity index (χ4v) is 4.96. The molecule has 1 aromatic carbocycles. The van der Waals surface area contributed by atoms with Crippen LogP contribution in [-0.2, 0) is 20.9 Å². The van der Waals surface area contributed by atoms with Crippen molar-refractivity contribution in [2.45, 2.75) is 31.3 Å². The molecular weight excluding hydrogens is 380 g/mol. The van der Waals surface area contributed by atoms with Crippen LogP contribution < -0.4 is 0 Å². The Hall–Kier alpha value is -2.86. The van der Waals surface area contributed by atoms with Gasteiger partial charge in [-0.1, -0.05) is 30.3 Å². The summed E-state index contributed by atoms with van der Waals surface area (Å²) in [5.74, 6) is 0.206. The second-order valence-electron chi connectivity index (χ2n) is 8.13. The Balaban J connectivity index is 1.44. The number of hydrogen-bond donors (Lipinski definition) is 0. The third kappa shape index (κ3) is 3.67. The number of benzene rings is 1. The van der Waals surface area contributed by atoms with E-state index >= 15 is 0 Å². The van der Waals surface area contributed by atoms with Crippen LogP contribution in [0.15, 0.2) is 59.7 Å². The molecule has 0 N–H and O–H groups in total. The SMILES string of the molecule is C=CCN1C(=O)CC(C(=O)OC)C12CCN(Cc1ccc(-c3ccco3)cc1)CC2. The largest absolute Gasteiger partial charge is 0.469 e. The predicted molar refractivity (Wildman–Crippen MR) is 113 cm³/mol. The van der Waals surface area contributed by atoms with Crippen LogP contribution in [0.4, 0.5) is 0 Å². The topological polar surface area (TPSA) is 63.0 Å². The molecule has 2 aliphatic rings. The summed E-state index contributed by atoms with van der Waals surface area (Å²) in [6.07, 6.45) is 5.17. The van der Waals surface area contributed by atoms with Crippen molar-refractivity contribution in [3.63, 3.8) is 0 Å². The van der Waals surface area contributed by atoms with Gasteiger partial charge in [0.05, 0.1) is 24.8 Å². The number of piperidine rings is 1. The second kappa shape index (κ2) is 8.48. The van der Waals surface area contributed by atoms with Crippen LogP contribution in [0.1, 0.15) is 24.8 Å². The molecule has 3 heterocycles. The molecule has 2 aliphatic heterocycles. The minimum atomic E-state index is -0.460. The molecule has 1 amide bonds. The molecule has 0 saturated carbocycles. The van der Waals surface area contributed by atoms with Crippen LogP contribution in [0, 0.1) is 5.92 Å². The van der Waals surface area contributed by atoms with Crippen LogP contribution in [0.5, 0.6) is 0 Å². The van der Waals surface area contributed by atoms with E-state index in [2.05, 4.69) is 35.7 Å². The molecule has 0 aliphatic carbocycles. The smallest absolute Gasteiger partial charge is 0.311 e. The van der Waals surface area contributed by atoms with Gasteiger partial charge in [0.2, 0.25) is 5.91 Å². The van der Waals surface area contributed by atoms with E-state index in [1.165, 1.54) is 12.7 Å². The van der Waals surface area contributed by atoms with Gasteiger partial charge in [0, 0.05) is 38.2 Å². The quantitative estimate of drug-likeness (QED) is 0.541. The molecule has 4 rings (SSSR count). The highest BCUT2D eigenvalue weighted by Crippen LogP contribution is 2.44. The minimum Gasteiger partial charge on any atom is -0.469 e. The van der Waals surface area contributed by atoms with Crippen molar-refractivity contribution in [1.29, 1.82) is 0 Å². The number of hydrogen-bond acceptors (Lipinski definition) is 5. The maximum atomic E-state index is 12.6. The van der Waals surface area contributed by atoms with Gasteiger partial charge < -0.3 is 14.1 Å². The third-order valence-electron chi connectivity index (χ3n) is 6.55. The molecule has 2 aromatic rings. The van der Waals surface area contributed by atoms with Gasteiger partial charge in [0.1, 0.15) is 5.76 Å². The van der Waals surface area contributed by atoms with E-state index in [1.54, 1.807) is 12.3 Å². The van der Waals surface area contributed by atoms with Crippen LogP contribution >= 0.6 is 0 Å². The van der Waals surface area contributed by atoms with E-state index in [4.69, 9.17) is 9.15 Å². The lowest BCUT2D eigenvalue weighted by Gasteiger charge is -2.46. The lowest BCUT2D eigenvalue weighted by molar-refractivity contribution is -0.150. The van der Waals surface area contributed by atoms with Crippen molar-refractivity contribution in [1.82, 2.24) is 9.80 Å². The number of furan rings is 1. The highest BCUT2D eigenvalue weighted by atomic mass is 16.5. The Kier molecular flexibility index (Phi) is 5.77. The van der Waals surface area contributed by atoms with Crippen molar-refractivity contribution in [3.05, 3.63) is 60.9 Å². The fraction of sp³-hybridized carbons (Fsp3) is 0.417. The Labute approximate surface area is 177 Å². The van der Waals surface area contributed by atoms with Crippen LogP contribution in [0.3, 0.4) is 0 Å². The third-order valence-corrected chi connectivity index (χ3v) is 6.55. The Morgan fingerprint density at radius 1 is 1.27 bits per heavy atom. The van der Waals surface area contributed by atoms with Crippen LogP contribution in [-0.4, -0.2) is 54.0 Å². The average molecular weight is 408 g/mol. The lowest BCUT2D eigenvalue weighted by atomic mass is 9.76. The maximum Gasteiger partial charge on any atom is 0.311 e. The zero-order valence-electron chi connectivity index (χ0n) is 17.4. The number of amides is 1. The molecule has 30 heavy (non-hydrogen) atoms. The summed E-state index contributed by atoms with van der Waals surface area (Å²) in [6.45, 7) is 6.76. The van der Waals surface area contributed by atoms with Crippen molar-refractivity contribution in [3.8, 4) is 11.3 Å². The molecular formula is C24H28N2O4. The van der Waals surface area contributed by atoms with Crippen LogP contribution in [0.25, 0.3) is 11.3 Å². The number of carbonyl (C=O) groups is 2. The molecule has 2 fully saturated rings. The van der Waals surface area contributed by atoms with Gasteiger partial charge in [-0.05, 0) is 30.5 Å². The number of nitrogens with zero attached hydrogens (tertiary/aromatic N) is 2. The summed E-state index contributed by atoms with van der Waals surface area (Å²) in [5, 5.41) is 0. The standard InChI is InChI=1S/C24H28N2O4/c1-3-12-26-22(27)16-20(23(28)29-2)24(26)10-13-25(14-11-24)17-18-6-8-19(9-7-18)21-5-4-15-30-21/h3-9,15,20H,1,10-14,16-17H2,2H3. The highest BCUT2D eigenvalue weighted by Gasteiger charge is 2.56. The van der Waals surface area contributed by atoms with Gasteiger partial charge >= 0.3 is 5.97 Å². The Morgan fingerprint density at radius 2 is 2.00 bits per heavy atom. The van der Waals surface area contributed by atoms with E-state index < -0.39 is 11.5 Å². The molecule has 2 saturated heterocycles. The minimum absolute atomic E-state index is 0.0206. The molecule has 158 valence electrons. The molecule has 1 unspecified atom stereocenters. The molecule has 1 atom stereocenters. The predicted octanol–water partition coefficient (Wildman–Crippen LogP) is 3.49. The molecule has 6 nitrogen and oxygen atoms in total. The fourth-order valence-electron chi connectivity index (χ4n) is 4.96. The molecule has 1 aromatic heterocycles. The van der Waals surface area contributed by atoms with E-state index in [1.807, 2.05) is 17.0 Å². The zero-order chi connectivity index (χ0) is 21.1. The van der Waals surface area contributed by atoms with E-state index in [0.717, 1.165) is 43.8 Å². The first-order valence-electron chi connectivity index (χ1n) is 10.4. The second-order valence-corrected chi connectivity index (χ2v) is 8.13. The van der Waals surface area contributed by atoms with Crippen molar-refractivity contribution in [2.24, 2.45) is 5.92 Å². The zero-order valence-corrected chi connectivity index (χ0v) is 17.4. The van der Waals surface area contributed by atoms with Gasteiger partial charge in [0.25, 0.3) is 0 Å². The van der Waals surface area contributed by atoms with Crippen molar-refractivity contribution in [2.75, 3.05) is 26.7 Å². The van der Waals surface area contributed by atoms with Gasteiger partial charge in [-0.25, -0.2) is 0 Å². The van der Waals surface area contributed by atoms with Gasteiger partial charge in [0.15, 0.2) is 0 Å². The lowest BCUT2D eigenvalue weighted by Crippen LogP contribution is -2.57. The summed E-state index contributed by atoms with van der Waals surface area (Å²) in [6, 6.07) is 12.3. The van der Waals surface area contributed by atoms with Crippen LogP contribution in [0.2, 0.25) is 0 Å². The number of likely N-dealkylation sites (tertiary alicyclic amines) is 2. The van der Waals surface area contributed by atoms with Crippen molar-refractivity contribution < 1.29 is 18.7 Å². The number of esters is 1. The van der Waals surface area contributed by atoms with Crippen molar-refractivity contribution >= 4 is 11.9 Å². The summed E-state index contributed by atoms with van der Waals surface area (Å²) in [7, 11) is 1.40. The monoisotopic (exact) mass is 408 g/mol. The molecule has 1 spiro atoms. The summed E-state index contributed by atoms with van der Waals surface area (Å²) >= 11 is 0. The number of ether oxygens (including phenoxy) is 1. The van der Waals surface area contributed by atoms with E-state index in [0.29, 0.717) is 6.54 Å². The van der Waals surface area contributed by atoms with Gasteiger partial charge in [-0.3, -0.25) is 14.5 Å². The van der Waals surface area contributed by atoms with E-state index in [-0.39, 0.29) is 18.3 Å². The maximum absolute atomic E-state index is 12.6. The Morgan fingerprint density at radius 3 is 2.60 bits per heavy atom. The number of carbonyl (C=O) groups excluding carboxylic acids is 2. The summed E-state index contributed by atoms with van der Waals surface area (Å²) in [4.78, 5) is 29.3. The molecule has 0 radical (unpaired) electrons. The molecule has 6 heteroatoms. The molecule has 0 bridgehead atoms.